The first-order valence-electron chi connectivity index (χ1n) is 7.58. The molecule has 0 bridgehead atoms. The van der Waals surface area contributed by atoms with E-state index in [1.165, 1.54) is 0 Å². The Morgan fingerprint density at radius 1 is 1.38 bits per heavy atom. The fourth-order valence-electron chi connectivity index (χ4n) is 3.60. The number of ether oxygens (including phenoxy) is 1. The standard InChI is InChI=1S/C16H23N3O2/c1-13(20)19-8-5-16(6-9-19)11-18(12-16)10-14-4-3-7-17-15(14)21-2/h3-4,7H,5-6,8-12H2,1-2H3. The van der Waals surface area contributed by atoms with Crippen LogP contribution in [0.2, 0.25) is 0 Å². The SMILES string of the molecule is COc1ncccc1CN1CC2(CCN(C(C)=O)CC2)C1. The molecule has 1 aromatic heterocycles. The molecule has 2 aliphatic heterocycles. The number of likely N-dealkylation sites (tertiary alicyclic amines) is 2. The van der Waals surface area contributed by atoms with Gasteiger partial charge in [-0.1, -0.05) is 6.07 Å². The maximum Gasteiger partial charge on any atom is 0.219 e. The number of aromatic nitrogens is 1. The summed E-state index contributed by atoms with van der Waals surface area (Å²) in [5, 5.41) is 0. The Kier molecular flexibility index (Phi) is 3.85. The first-order chi connectivity index (χ1) is 10.1. The molecule has 1 spiro atoms. The quantitative estimate of drug-likeness (QED) is 0.846. The molecular formula is C16H23N3O2. The van der Waals surface area contributed by atoms with Crippen molar-refractivity contribution in [1.82, 2.24) is 14.8 Å². The highest BCUT2D eigenvalue weighted by Gasteiger charge is 2.44. The summed E-state index contributed by atoms with van der Waals surface area (Å²) in [7, 11) is 1.67. The maximum atomic E-state index is 11.4. The first-order valence-corrected chi connectivity index (χ1v) is 7.58. The minimum Gasteiger partial charge on any atom is -0.481 e. The predicted molar refractivity (Wildman–Crippen MR) is 80.0 cm³/mol. The van der Waals surface area contributed by atoms with Gasteiger partial charge in [-0.15, -0.1) is 0 Å². The average Bonchev–Trinajstić information content (AvgIpc) is 2.46. The second-order valence-electron chi connectivity index (χ2n) is 6.32. The number of amides is 1. The molecule has 5 heteroatoms. The maximum absolute atomic E-state index is 11.4. The number of piperidine rings is 1. The van der Waals surface area contributed by atoms with Crippen LogP contribution in [0.3, 0.4) is 0 Å². The van der Waals surface area contributed by atoms with E-state index in [1.54, 1.807) is 20.2 Å². The van der Waals surface area contributed by atoms with Crippen molar-refractivity contribution in [3.8, 4) is 5.88 Å². The van der Waals surface area contributed by atoms with E-state index in [1.807, 2.05) is 11.0 Å². The van der Waals surface area contributed by atoms with Gasteiger partial charge in [0.15, 0.2) is 0 Å². The third-order valence-electron chi connectivity index (χ3n) is 4.82. The third-order valence-corrected chi connectivity index (χ3v) is 4.82. The molecule has 0 radical (unpaired) electrons. The molecule has 1 amide bonds. The molecule has 0 atom stereocenters. The van der Waals surface area contributed by atoms with Crippen LogP contribution >= 0.6 is 0 Å². The van der Waals surface area contributed by atoms with Crippen LogP contribution in [0.25, 0.3) is 0 Å². The van der Waals surface area contributed by atoms with Crippen molar-refractivity contribution in [3.63, 3.8) is 0 Å². The van der Waals surface area contributed by atoms with Gasteiger partial charge in [-0.3, -0.25) is 9.69 Å². The number of hydrogen-bond donors (Lipinski definition) is 0. The fourth-order valence-corrected chi connectivity index (χ4v) is 3.60. The molecule has 0 saturated carbocycles. The zero-order valence-electron chi connectivity index (χ0n) is 12.8. The summed E-state index contributed by atoms with van der Waals surface area (Å²) in [5.74, 6) is 0.936. The van der Waals surface area contributed by atoms with Crippen LogP contribution in [0.4, 0.5) is 0 Å². The monoisotopic (exact) mass is 289 g/mol. The molecule has 114 valence electrons. The minimum atomic E-state index is 0.209. The number of methoxy groups -OCH3 is 1. The van der Waals surface area contributed by atoms with Gasteiger partial charge in [-0.2, -0.15) is 0 Å². The molecule has 3 heterocycles. The van der Waals surface area contributed by atoms with E-state index in [2.05, 4.69) is 16.0 Å². The van der Waals surface area contributed by atoms with Crippen molar-refractivity contribution in [2.24, 2.45) is 5.41 Å². The zero-order valence-corrected chi connectivity index (χ0v) is 12.8. The normalized spacial score (nSPS) is 21.1. The number of nitrogens with zero attached hydrogens (tertiary/aromatic N) is 3. The molecule has 2 saturated heterocycles. The van der Waals surface area contributed by atoms with Gasteiger partial charge in [0.05, 0.1) is 7.11 Å². The van der Waals surface area contributed by atoms with Crippen LogP contribution in [0.15, 0.2) is 18.3 Å². The van der Waals surface area contributed by atoms with Crippen LogP contribution in [0, 0.1) is 5.41 Å². The van der Waals surface area contributed by atoms with Gasteiger partial charge in [0.2, 0.25) is 11.8 Å². The number of carbonyl (C=O) groups is 1. The lowest BCUT2D eigenvalue weighted by molar-refractivity contribution is -0.134. The van der Waals surface area contributed by atoms with Gasteiger partial charge < -0.3 is 9.64 Å². The topological polar surface area (TPSA) is 45.7 Å². The van der Waals surface area contributed by atoms with Crippen LogP contribution in [-0.2, 0) is 11.3 Å². The van der Waals surface area contributed by atoms with Gasteiger partial charge in [0, 0.05) is 51.4 Å². The molecule has 21 heavy (non-hydrogen) atoms. The number of carbonyl (C=O) groups excluding carboxylic acids is 1. The van der Waals surface area contributed by atoms with Crippen LogP contribution < -0.4 is 4.74 Å². The Bertz CT molecular complexity index is 516. The highest BCUT2D eigenvalue weighted by Crippen LogP contribution is 2.41. The molecule has 2 fully saturated rings. The van der Waals surface area contributed by atoms with Crippen LogP contribution in [0.1, 0.15) is 25.3 Å². The van der Waals surface area contributed by atoms with Gasteiger partial charge in [-0.05, 0) is 24.3 Å². The summed E-state index contributed by atoms with van der Waals surface area (Å²) in [5.41, 5.74) is 1.58. The Labute approximate surface area is 125 Å². The second kappa shape index (κ2) is 5.64. The van der Waals surface area contributed by atoms with Crippen molar-refractivity contribution >= 4 is 5.91 Å². The van der Waals surface area contributed by atoms with E-state index >= 15 is 0 Å². The van der Waals surface area contributed by atoms with E-state index < -0.39 is 0 Å². The van der Waals surface area contributed by atoms with E-state index in [9.17, 15) is 4.79 Å². The van der Waals surface area contributed by atoms with Crippen molar-refractivity contribution in [2.45, 2.75) is 26.3 Å². The molecule has 5 nitrogen and oxygen atoms in total. The van der Waals surface area contributed by atoms with Crippen molar-refractivity contribution in [1.29, 1.82) is 0 Å². The van der Waals surface area contributed by atoms with Gasteiger partial charge >= 0.3 is 0 Å². The first kappa shape index (κ1) is 14.3. The van der Waals surface area contributed by atoms with Gasteiger partial charge in [-0.25, -0.2) is 4.98 Å². The summed E-state index contributed by atoms with van der Waals surface area (Å²) in [6.07, 6.45) is 4.03. The summed E-state index contributed by atoms with van der Waals surface area (Å²) in [4.78, 5) is 20.1. The minimum absolute atomic E-state index is 0.209. The number of rotatable bonds is 3. The van der Waals surface area contributed by atoms with Gasteiger partial charge in [0.25, 0.3) is 0 Å². The Morgan fingerprint density at radius 3 is 2.71 bits per heavy atom. The van der Waals surface area contributed by atoms with E-state index in [0.29, 0.717) is 5.41 Å². The van der Waals surface area contributed by atoms with Gasteiger partial charge in [0.1, 0.15) is 0 Å². The van der Waals surface area contributed by atoms with E-state index in [-0.39, 0.29) is 5.91 Å². The lowest BCUT2D eigenvalue weighted by atomic mass is 9.72. The molecular weight excluding hydrogens is 266 g/mol. The molecule has 0 aromatic carbocycles. The fraction of sp³-hybridized carbons (Fsp3) is 0.625. The smallest absolute Gasteiger partial charge is 0.219 e. The third kappa shape index (κ3) is 2.88. The van der Waals surface area contributed by atoms with Crippen LogP contribution in [-0.4, -0.2) is 54.0 Å². The molecule has 0 aliphatic carbocycles. The largest absolute Gasteiger partial charge is 0.481 e. The van der Waals surface area contributed by atoms with Crippen molar-refractivity contribution in [3.05, 3.63) is 23.9 Å². The summed E-state index contributed by atoms with van der Waals surface area (Å²) >= 11 is 0. The summed E-state index contributed by atoms with van der Waals surface area (Å²) in [6.45, 7) is 6.64. The average molecular weight is 289 g/mol. The summed E-state index contributed by atoms with van der Waals surface area (Å²) < 4.78 is 5.31. The molecule has 2 aliphatic rings. The van der Waals surface area contributed by atoms with Crippen molar-refractivity contribution in [2.75, 3.05) is 33.3 Å². The highest BCUT2D eigenvalue weighted by atomic mass is 16.5. The lowest BCUT2D eigenvalue weighted by Crippen LogP contribution is -2.60. The molecule has 1 aromatic rings. The van der Waals surface area contributed by atoms with E-state index in [4.69, 9.17) is 4.74 Å². The molecule has 0 unspecified atom stereocenters. The van der Waals surface area contributed by atoms with Crippen LogP contribution in [0.5, 0.6) is 5.88 Å². The Balaban J connectivity index is 1.53. The second-order valence-corrected chi connectivity index (χ2v) is 6.32. The molecule has 3 rings (SSSR count). The lowest BCUT2D eigenvalue weighted by Gasteiger charge is -2.54. The predicted octanol–water partition coefficient (Wildman–Crippen LogP) is 1.53. The Morgan fingerprint density at radius 2 is 2.10 bits per heavy atom. The zero-order chi connectivity index (χ0) is 14.9. The number of pyridine rings is 1. The number of hydrogen-bond acceptors (Lipinski definition) is 4. The Hall–Kier alpha value is -1.62. The summed E-state index contributed by atoms with van der Waals surface area (Å²) in [6, 6.07) is 4.04. The van der Waals surface area contributed by atoms with E-state index in [0.717, 1.165) is 57.0 Å². The highest BCUT2D eigenvalue weighted by molar-refractivity contribution is 5.73. The molecule has 0 N–H and O–H groups in total. The van der Waals surface area contributed by atoms with Crippen molar-refractivity contribution < 1.29 is 9.53 Å².